The first-order valence-electron chi connectivity index (χ1n) is 6.48. The van der Waals surface area contributed by atoms with Crippen LogP contribution in [0.3, 0.4) is 0 Å². The second kappa shape index (κ2) is 5.41. The van der Waals surface area contributed by atoms with Gasteiger partial charge < -0.3 is 14.6 Å². The van der Waals surface area contributed by atoms with Crippen molar-refractivity contribution in [1.29, 1.82) is 0 Å². The van der Waals surface area contributed by atoms with E-state index in [2.05, 4.69) is 0 Å². The monoisotopic (exact) mass is 287 g/mol. The number of hydrogen-bond acceptors (Lipinski definition) is 5. The maximum absolute atomic E-state index is 11.2. The molecule has 0 saturated heterocycles. The van der Waals surface area contributed by atoms with Gasteiger partial charge in [0.2, 0.25) is 0 Å². The van der Waals surface area contributed by atoms with Crippen molar-refractivity contribution in [2.24, 2.45) is 0 Å². The Morgan fingerprint density at radius 1 is 1.10 bits per heavy atom. The number of aliphatic hydroxyl groups is 1. The van der Waals surface area contributed by atoms with Crippen LogP contribution in [0.25, 0.3) is 0 Å². The van der Waals surface area contributed by atoms with E-state index in [0.29, 0.717) is 30.3 Å². The molecule has 0 spiro atoms. The van der Waals surface area contributed by atoms with Gasteiger partial charge in [-0.3, -0.25) is 10.1 Å². The maximum atomic E-state index is 11.2. The quantitative estimate of drug-likeness (QED) is 0.692. The van der Waals surface area contributed by atoms with Crippen molar-refractivity contribution in [2.45, 2.75) is 6.10 Å². The van der Waals surface area contributed by atoms with E-state index in [-0.39, 0.29) is 11.3 Å². The van der Waals surface area contributed by atoms with Gasteiger partial charge in [0.05, 0.1) is 16.6 Å². The minimum atomic E-state index is -1.09. The molecule has 1 N–H and O–H groups in total. The van der Waals surface area contributed by atoms with E-state index in [1.165, 1.54) is 12.1 Å². The van der Waals surface area contributed by atoms with Gasteiger partial charge in [0, 0.05) is 0 Å². The van der Waals surface area contributed by atoms with Crippen molar-refractivity contribution in [3.63, 3.8) is 0 Å². The van der Waals surface area contributed by atoms with Crippen molar-refractivity contribution >= 4 is 5.69 Å². The van der Waals surface area contributed by atoms with Gasteiger partial charge in [-0.05, 0) is 11.6 Å². The standard InChI is InChI=1S/C15H13NO5/c17-15(10-4-2-1-3-5-10)11-8-13-14(21-7-6-20-13)9-12(11)16(18)19/h1-5,8-9,15,17H,6-7H2/t15-/m0/s1. The highest BCUT2D eigenvalue weighted by Crippen LogP contribution is 2.40. The molecule has 2 aromatic rings. The number of nitro groups is 1. The summed E-state index contributed by atoms with van der Waals surface area (Å²) in [5.74, 6) is 0.744. The second-order valence-electron chi connectivity index (χ2n) is 4.63. The molecule has 1 heterocycles. The van der Waals surface area contributed by atoms with Gasteiger partial charge in [-0.1, -0.05) is 30.3 Å². The normalized spacial score (nSPS) is 14.5. The topological polar surface area (TPSA) is 81.8 Å². The molecule has 1 aliphatic heterocycles. The number of benzene rings is 2. The van der Waals surface area contributed by atoms with Crippen molar-refractivity contribution in [3.8, 4) is 11.5 Å². The SMILES string of the molecule is O=[N+]([O-])c1cc2c(cc1[C@@H](O)c1ccccc1)OCCO2. The first-order chi connectivity index (χ1) is 10.2. The van der Waals surface area contributed by atoms with Gasteiger partial charge >= 0.3 is 0 Å². The van der Waals surface area contributed by atoms with E-state index in [9.17, 15) is 15.2 Å². The molecule has 0 fully saturated rings. The Morgan fingerprint density at radius 2 is 1.71 bits per heavy atom. The molecule has 0 bridgehead atoms. The lowest BCUT2D eigenvalue weighted by molar-refractivity contribution is -0.386. The van der Waals surface area contributed by atoms with Crippen LogP contribution < -0.4 is 9.47 Å². The van der Waals surface area contributed by atoms with E-state index in [1.54, 1.807) is 24.3 Å². The minimum Gasteiger partial charge on any atom is -0.486 e. The summed E-state index contributed by atoms with van der Waals surface area (Å²) in [6.07, 6.45) is -1.09. The molecule has 0 saturated carbocycles. The number of aliphatic hydroxyl groups excluding tert-OH is 1. The first-order valence-corrected chi connectivity index (χ1v) is 6.48. The van der Waals surface area contributed by atoms with E-state index >= 15 is 0 Å². The second-order valence-corrected chi connectivity index (χ2v) is 4.63. The van der Waals surface area contributed by atoms with Crippen LogP contribution in [0.4, 0.5) is 5.69 Å². The van der Waals surface area contributed by atoms with Crippen molar-refractivity contribution in [1.82, 2.24) is 0 Å². The maximum Gasteiger partial charge on any atom is 0.279 e. The molecule has 0 unspecified atom stereocenters. The van der Waals surface area contributed by atoms with Crippen LogP contribution in [0.2, 0.25) is 0 Å². The van der Waals surface area contributed by atoms with Gasteiger partial charge in [0.1, 0.15) is 19.3 Å². The van der Waals surface area contributed by atoms with Gasteiger partial charge in [0.25, 0.3) is 5.69 Å². The number of nitrogens with zero attached hydrogens (tertiary/aromatic N) is 1. The molecule has 3 rings (SSSR count). The fourth-order valence-electron chi connectivity index (χ4n) is 2.29. The Labute approximate surface area is 120 Å². The molecule has 21 heavy (non-hydrogen) atoms. The smallest absolute Gasteiger partial charge is 0.279 e. The van der Waals surface area contributed by atoms with Crippen LogP contribution in [0, 0.1) is 10.1 Å². The lowest BCUT2D eigenvalue weighted by atomic mass is 9.99. The highest BCUT2D eigenvalue weighted by atomic mass is 16.6. The molecule has 1 atom stereocenters. The molecule has 2 aromatic carbocycles. The van der Waals surface area contributed by atoms with Crippen LogP contribution in [-0.2, 0) is 0 Å². The predicted molar refractivity (Wildman–Crippen MR) is 74.6 cm³/mol. The summed E-state index contributed by atoms with van der Waals surface area (Å²) < 4.78 is 10.8. The Balaban J connectivity index is 2.10. The Bertz CT molecular complexity index is 671. The summed E-state index contributed by atoms with van der Waals surface area (Å²) in [5, 5.41) is 21.7. The Morgan fingerprint density at radius 3 is 2.33 bits per heavy atom. The lowest BCUT2D eigenvalue weighted by Crippen LogP contribution is -2.16. The molecular formula is C15H13NO5. The van der Waals surface area contributed by atoms with E-state index in [1.807, 2.05) is 6.07 Å². The zero-order chi connectivity index (χ0) is 14.8. The molecule has 0 amide bonds. The summed E-state index contributed by atoms with van der Waals surface area (Å²) in [6.45, 7) is 0.733. The average Bonchev–Trinajstić information content (AvgIpc) is 2.53. The number of hydrogen-bond donors (Lipinski definition) is 1. The summed E-state index contributed by atoms with van der Waals surface area (Å²) in [4.78, 5) is 10.7. The van der Waals surface area contributed by atoms with Crippen molar-refractivity contribution < 1.29 is 19.5 Å². The van der Waals surface area contributed by atoms with Crippen molar-refractivity contribution in [2.75, 3.05) is 13.2 Å². The van der Waals surface area contributed by atoms with Gasteiger partial charge in [0.15, 0.2) is 11.5 Å². The van der Waals surface area contributed by atoms with Crippen LogP contribution in [0.5, 0.6) is 11.5 Å². The van der Waals surface area contributed by atoms with E-state index < -0.39 is 11.0 Å². The third-order valence-electron chi connectivity index (χ3n) is 3.30. The zero-order valence-electron chi connectivity index (χ0n) is 11.1. The first kappa shape index (κ1) is 13.4. The average molecular weight is 287 g/mol. The number of nitro benzene ring substituents is 1. The third kappa shape index (κ3) is 2.53. The molecule has 0 aliphatic carbocycles. The van der Waals surface area contributed by atoms with Crippen molar-refractivity contribution in [3.05, 3.63) is 63.7 Å². The molecular weight excluding hydrogens is 274 g/mol. The molecule has 6 heteroatoms. The lowest BCUT2D eigenvalue weighted by Gasteiger charge is -2.20. The number of rotatable bonds is 3. The van der Waals surface area contributed by atoms with E-state index in [4.69, 9.17) is 9.47 Å². The Hall–Kier alpha value is -2.60. The number of fused-ring (bicyclic) bond motifs is 1. The zero-order valence-corrected chi connectivity index (χ0v) is 11.1. The third-order valence-corrected chi connectivity index (χ3v) is 3.30. The highest BCUT2D eigenvalue weighted by Gasteiger charge is 2.27. The summed E-state index contributed by atoms with van der Waals surface area (Å²) >= 11 is 0. The predicted octanol–water partition coefficient (Wildman–Crippen LogP) is 2.45. The van der Waals surface area contributed by atoms with Crippen LogP contribution in [0.15, 0.2) is 42.5 Å². The molecule has 0 aromatic heterocycles. The van der Waals surface area contributed by atoms with E-state index in [0.717, 1.165) is 0 Å². The molecule has 1 aliphatic rings. The molecule has 0 radical (unpaired) electrons. The fourth-order valence-corrected chi connectivity index (χ4v) is 2.29. The van der Waals surface area contributed by atoms with Gasteiger partial charge in [-0.2, -0.15) is 0 Å². The number of ether oxygens (including phenoxy) is 2. The largest absolute Gasteiger partial charge is 0.486 e. The summed E-state index contributed by atoms with van der Waals surface area (Å²) in [5.41, 5.74) is 0.586. The summed E-state index contributed by atoms with van der Waals surface area (Å²) in [7, 11) is 0. The highest BCUT2D eigenvalue weighted by molar-refractivity contribution is 5.57. The minimum absolute atomic E-state index is 0.185. The Kier molecular flexibility index (Phi) is 3.45. The molecule has 108 valence electrons. The van der Waals surface area contributed by atoms with Gasteiger partial charge in [-0.15, -0.1) is 0 Å². The fraction of sp³-hybridized carbons (Fsp3) is 0.200. The molecule has 6 nitrogen and oxygen atoms in total. The van der Waals surface area contributed by atoms with Gasteiger partial charge in [-0.25, -0.2) is 0 Å². The summed E-state index contributed by atoms with van der Waals surface area (Å²) in [6, 6.07) is 11.6. The van der Waals surface area contributed by atoms with Crippen LogP contribution in [0.1, 0.15) is 17.2 Å². The van der Waals surface area contributed by atoms with Crippen LogP contribution in [-0.4, -0.2) is 23.2 Å². The van der Waals surface area contributed by atoms with Crippen LogP contribution >= 0.6 is 0 Å².